The first-order chi connectivity index (χ1) is 10.5. The topological polar surface area (TPSA) is 62.3 Å². The monoisotopic (exact) mass is 317 g/mol. The van der Waals surface area contributed by atoms with E-state index in [-0.39, 0.29) is 24.3 Å². The minimum Gasteiger partial charge on any atom is -0.347 e. The van der Waals surface area contributed by atoms with Gasteiger partial charge < -0.3 is 10.2 Å². The standard InChI is InChI=1S/C16H19N3O2S/c1-10-7-11(10)16(21)17-8-15(20)19(2)9-14-18-12-5-3-4-6-13(12)22-14/h3-6,10-11H,7-9H2,1-2H3,(H,17,21). The maximum absolute atomic E-state index is 12.1. The van der Waals surface area contributed by atoms with Crippen LogP contribution in [0.15, 0.2) is 24.3 Å². The molecule has 1 aromatic carbocycles. The second-order valence-corrected chi connectivity index (χ2v) is 6.98. The highest BCUT2D eigenvalue weighted by Crippen LogP contribution is 2.37. The summed E-state index contributed by atoms with van der Waals surface area (Å²) in [6, 6.07) is 7.92. The van der Waals surface area contributed by atoms with Crippen molar-refractivity contribution in [1.29, 1.82) is 0 Å². The highest BCUT2D eigenvalue weighted by molar-refractivity contribution is 7.18. The number of thiazole rings is 1. The van der Waals surface area contributed by atoms with Crippen LogP contribution in [0.1, 0.15) is 18.4 Å². The van der Waals surface area contributed by atoms with E-state index in [4.69, 9.17) is 0 Å². The molecular weight excluding hydrogens is 298 g/mol. The lowest BCUT2D eigenvalue weighted by Crippen LogP contribution is -2.38. The number of likely N-dealkylation sites (N-methyl/N-ethyl adjacent to an activating group) is 1. The van der Waals surface area contributed by atoms with Crippen molar-refractivity contribution >= 4 is 33.4 Å². The van der Waals surface area contributed by atoms with Crippen LogP contribution < -0.4 is 5.32 Å². The number of hydrogen-bond donors (Lipinski definition) is 1. The lowest BCUT2D eigenvalue weighted by atomic mass is 10.3. The molecule has 2 aromatic rings. The summed E-state index contributed by atoms with van der Waals surface area (Å²) < 4.78 is 1.12. The van der Waals surface area contributed by atoms with Gasteiger partial charge in [0.1, 0.15) is 5.01 Å². The molecule has 0 spiro atoms. The molecule has 2 atom stereocenters. The number of hydrogen-bond acceptors (Lipinski definition) is 4. The summed E-state index contributed by atoms with van der Waals surface area (Å²) in [5.41, 5.74) is 0.958. The molecule has 6 heteroatoms. The molecule has 3 rings (SSSR count). The van der Waals surface area contributed by atoms with Crippen LogP contribution in [0, 0.1) is 11.8 Å². The molecule has 5 nitrogen and oxygen atoms in total. The van der Waals surface area contributed by atoms with Crippen molar-refractivity contribution in [3.05, 3.63) is 29.3 Å². The van der Waals surface area contributed by atoms with Gasteiger partial charge in [-0.15, -0.1) is 11.3 Å². The Hall–Kier alpha value is -1.95. The third kappa shape index (κ3) is 3.27. The molecule has 1 N–H and O–H groups in total. The van der Waals surface area contributed by atoms with E-state index >= 15 is 0 Å². The smallest absolute Gasteiger partial charge is 0.242 e. The van der Waals surface area contributed by atoms with E-state index in [1.165, 1.54) is 0 Å². The molecule has 1 heterocycles. The summed E-state index contributed by atoms with van der Waals surface area (Å²) in [5.74, 6) is 0.452. The van der Waals surface area contributed by atoms with E-state index in [2.05, 4.69) is 10.3 Å². The average molecular weight is 317 g/mol. The van der Waals surface area contributed by atoms with Gasteiger partial charge in [-0.1, -0.05) is 19.1 Å². The fourth-order valence-electron chi connectivity index (χ4n) is 2.39. The molecule has 0 saturated heterocycles. The molecule has 0 aliphatic heterocycles. The van der Waals surface area contributed by atoms with E-state index < -0.39 is 0 Å². The average Bonchev–Trinajstić information content (AvgIpc) is 3.09. The highest BCUT2D eigenvalue weighted by Gasteiger charge is 2.39. The van der Waals surface area contributed by atoms with E-state index in [0.717, 1.165) is 21.6 Å². The van der Waals surface area contributed by atoms with E-state index in [0.29, 0.717) is 12.5 Å². The van der Waals surface area contributed by atoms with Crippen LogP contribution in [0.5, 0.6) is 0 Å². The zero-order valence-electron chi connectivity index (χ0n) is 12.7. The lowest BCUT2D eigenvalue weighted by Gasteiger charge is -2.16. The molecule has 22 heavy (non-hydrogen) atoms. The van der Waals surface area contributed by atoms with Crippen molar-refractivity contribution in [1.82, 2.24) is 15.2 Å². The van der Waals surface area contributed by atoms with Crippen LogP contribution in [-0.2, 0) is 16.1 Å². The van der Waals surface area contributed by atoms with Crippen LogP contribution in [-0.4, -0.2) is 35.3 Å². The van der Waals surface area contributed by atoms with Gasteiger partial charge in [-0.25, -0.2) is 4.98 Å². The van der Waals surface area contributed by atoms with Gasteiger partial charge in [-0.05, 0) is 24.5 Å². The Morgan fingerprint density at radius 1 is 1.41 bits per heavy atom. The number of rotatable bonds is 5. The second kappa shape index (κ2) is 6.04. The van der Waals surface area contributed by atoms with Crippen LogP contribution in [0.4, 0.5) is 0 Å². The maximum atomic E-state index is 12.1. The van der Waals surface area contributed by atoms with Crippen molar-refractivity contribution in [3.8, 4) is 0 Å². The number of aromatic nitrogens is 1. The fourth-order valence-corrected chi connectivity index (χ4v) is 3.42. The SMILES string of the molecule is CC1CC1C(=O)NCC(=O)N(C)Cc1nc2ccccc2s1. The Labute approximate surface area is 133 Å². The number of nitrogens with one attached hydrogen (secondary N) is 1. The van der Waals surface area contributed by atoms with Crippen LogP contribution in [0.25, 0.3) is 10.2 Å². The summed E-state index contributed by atoms with van der Waals surface area (Å²) >= 11 is 1.59. The fraction of sp³-hybridized carbons (Fsp3) is 0.438. The Kier molecular flexibility index (Phi) is 4.11. The van der Waals surface area contributed by atoms with Crippen molar-refractivity contribution in [3.63, 3.8) is 0 Å². The molecule has 1 saturated carbocycles. The van der Waals surface area contributed by atoms with Gasteiger partial charge in [-0.2, -0.15) is 0 Å². The van der Waals surface area contributed by atoms with Crippen LogP contribution in [0.3, 0.4) is 0 Å². The largest absolute Gasteiger partial charge is 0.347 e. The summed E-state index contributed by atoms with van der Waals surface area (Å²) in [5, 5.41) is 3.62. The summed E-state index contributed by atoms with van der Waals surface area (Å²) in [6.07, 6.45) is 0.932. The summed E-state index contributed by atoms with van der Waals surface area (Å²) in [7, 11) is 1.74. The molecule has 1 aliphatic carbocycles. The molecule has 1 aromatic heterocycles. The first kappa shape index (κ1) is 15.0. The Bertz CT molecular complexity index is 679. The minimum absolute atomic E-state index is 0.00534. The van der Waals surface area contributed by atoms with E-state index in [1.54, 1.807) is 23.3 Å². The second-order valence-electron chi connectivity index (χ2n) is 5.86. The van der Waals surface area contributed by atoms with Crippen LogP contribution in [0.2, 0.25) is 0 Å². The zero-order valence-corrected chi connectivity index (χ0v) is 13.5. The third-order valence-corrected chi connectivity index (χ3v) is 5.02. The highest BCUT2D eigenvalue weighted by atomic mass is 32.1. The van der Waals surface area contributed by atoms with E-state index in [9.17, 15) is 9.59 Å². The van der Waals surface area contributed by atoms with Gasteiger partial charge in [0, 0.05) is 13.0 Å². The first-order valence-corrected chi connectivity index (χ1v) is 8.22. The maximum Gasteiger partial charge on any atom is 0.242 e. The number of nitrogens with zero attached hydrogens (tertiary/aromatic N) is 2. The van der Waals surface area contributed by atoms with Gasteiger partial charge in [0.15, 0.2) is 0 Å². The molecule has 116 valence electrons. The number of para-hydroxylation sites is 1. The molecule has 0 radical (unpaired) electrons. The molecular formula is C16H19N3O2S. The van der Waals surface area contributed by atoms with Crippen molar-refractivity contribution in [2.24, 2.45) is 11.8 Å². The van der Waals surface area contributed by atoms with Gasteiger partial charge in [-0.3, -0.25) is 9.59 Å². The number of benzene rings is 1. The minimum atomic E-state index is -0.0964. The van der Waals surface area contributed by atoms with Gasteiger partial charge >= 0.3 is 0 Å². The molecule has 1 fully saturated rings. The quantitative estimate of drug-likeness (QED) is 0.918. The number of fused-ring (bicyclic) bond motifs is 1. The van der Waals surface area contributed by atoms with Crippen molar-refractivity contribution < 1.29 is 9.59 Å². The Morgan fingerprint density at radius 3 is 2.82 bits per heavy atom. The normalized spacial score (nSPS) is 19.9. The number of carbonyl (C=O) groups is 2. The summed E-state index contributed by atoms with van der Waals surface area (Å²) in [6.45, 7) is 2.57. The predicted molar refractivity (Wildman–Crippen MR) is 86.4 cm³/mol. The van der Waals surface area contributed by atoms with E-state index in [1.807, 2.05) is 31.2 Å². The van der Waals surface area contributed by atoms with Gasteiger partial charge in [0.25, 0.3) is 0 Å². The van der Waals surface area contributed by atoms with Gasteiger partial charge in [0.2, 0.25) is 11.8 Å². The number of carbonyl (C=O) groups excluding carboxylic acids is 2. The predicted octanol–water partition coefficient (Wildman–Crippen LogP) is 2.03. The Balaban J connectivity index is 1.53. The number of amides is 2. The first-order valence-electron chi connectivity index (χ1n) is 7.40. The molecule has 2 unspecified atom stereocenters. The third-order valence-electron chi connectivity index (χ3n) is 4.00. The zero-order chi connectivity index (χ0) is 15.7. The lowest BCUT2D eigenvalue weighted by molar-refractivity contribution is -0.132. The van der Waals surface area contributed by atoms with Gasteiger partial charge in [0.05, 0.1) is 23.3 Å². The van der Waals surface area contributed by atoms with Crippen molar-refractivity contribution in [2.75, 3.05) is 13.6 Å². The molecule has 1 aliphatic rings. The van der Waals surface area contributed by atoms with Crippen molar-refractivity contribution in [2.45, 2.75) is 19.9 Å². The summed E-state index contributed by atoms with van der Waals surface area (Å²) in [4.78, 5) is 29.9. The Morgan fingerprint density at radius 2 is 2.14 bits per heavy atom. The molecule has 0 bridgehead atoms. The molecule has 2 amide bonds. The van der Waals surface area contributed by atoms with Crippen LogP contribution >= 0.6 is 11.3 Å².